The van der Waals surface area contributed by atoms with Crippen LogP contribution in [0.15, 0.2) is 42.5 Å². The number of hydrogen-bond donors (Lipinski definition) is 1. The van der Waals surface area contributed by atoms with E-state index in [1.165, 1.54) is 12.1 Å². The molecule has 0 unspecified atom stereocenters. The zero-order chi connectivity index (χ0) is 19.1. The van der Waals surface area contributed by atoms with Crippen LogP contribution in [0.1, 0.15) is 36.2 Å². The van der Waals surface area contributed by atoms with E-state index in [0.717, 1.165) is 0 Å². The van der Waals surface area contributed by atoms with Crippen LogP contribution < -0.4 is 10.1 Å². The molecule has 0 saturated heterocycles. The summed E-state index contributed by atoms with van der Waals surface area (Å²) in [6.45, 7) is 5.58. The number of esters is 1. The first-order valence-electron chi connectivity index (χ1n) is 8.46. The lowest BCUT2D eigenvalue weighted by molar-refractivity contribution is -0.122. The average Bonchev–Trinajstić information content (AvgIpc) is 2.62. The highest BCUT2D eigenvalue weighted by Gasteiger charge is 2.21. The molecular formula is C20H22FNO4. The van der Waals surface area contributed by atoms with Gasteiger partial charge in [0.15, 0.2) is 17.7 Å². The second-order valence-electron chi connectivity index (χ2n) is 5.68. The summed E-state index contributed by atoms with van der Waals surface area (Å²) < 4.78 is 24.2. The van der Waals surface area contributed by atoms with Gasteiger partial charge in [-0.25, -0.2) is 9.18 Å². The SMILES string of the molecule is CCOC(=O)c1ccc(NC(=O)[C@H](CC)Oc2ccccc2F)c(C)c1. The molecule has 0 heterocycles. The van der Waals surface area contributed by atoms with Crippen LogP contribution in [0, 0.1) is 12.7 Å². The molecule has 138 valence electrons. The maximum atomic E-state index is 13.7. The summed E-state index contributed by atoms with van der Waals surface area (Å²) in [5.41, 5.74) is 1.68. The molecule has 0 spiro atoms. The van der Waals surface area contributed by atoms with E-state index in [2.05, 4.69) is 5.32 Å². The number of halogens is 1. The lowest BCUT2D eigenvalue weighted by atomic mass is 10.1. The third-order valence-electron chi connectivity index (χ3n) is 3.76. The molecule has 26 heavy (non-hydrogen) atoms. The lowest BCUT2D eigenvalue weighted by Crippen LogP contribution is -2.32. The van der Waals surface area contributed by atoms with Gasteiger partial charge < -0.3 is 14.8 Å². The Balaban J connectivity index is 2.10. The first-order chi connectivity index (χ1) is 12.5. The number of benzene rings is 2. The molecule has 0 aromatic heterocycles. The number of ether oxygens (including phenoxy) is 2. The maximum Gasteiger partial charge on any atom is 0.338 e. The summed E-state index contributed by atoms with van der Waals surface area (Å²) in [7, 11) is 0. The van der Waals surface area contributed by atoms with Crippen molar-refractivity contribution in [2.24, 2.45) is 0 Å². The maximum absolute atomic E-state index is 13.7. The summed E-state index contributed by atoms with van der Waals surface area (Å²) in [6, 6.07) is 10.8. The van der Waals surface area contributed by atoms with Crippen molar-refractivity contribution in [1.82, 2.24) is 0 Å². The number of hydrogen-bond acceptors (Lipinski definition) is 4. The zero-order valence-corrected chi connectivity index (χ0v) is 15.0. The van der Waals surface area contributed by atoms with E-state index in [1.54, 1.807) is 51.1 Å². The molecule has 1 atom stereocenters. The minimum atomic E-state index is -0.837. The zero-order valence-electron chi connectivity index (χ0n) is 15.0. The van der Waals surface area contributed by atoms with Gasteiger partial charge in [0.25, 0.3) is 5.91 Å². The molecule has 2 aromatic rings. The van der Waals surface area contributed by atoms with Crippen molar-refractivity contribution >= 4 is 17.6 Å². The molecule has 1 N–H and O–H groups in total. The van der Waals surface area contributed by atoms with Gasteiger partial charge in [-0.15, -0.1) is 0 Å². The third kappa shape index (κ3) is 4.81. The highest BCUT2D eigenvalue weighted by molar-refractivity contribution is 5.96. The van der Waals surface area contributed by atoms with Gasteiger partial charge in [0, 0.05) is 5.69 Å². The first kappa shape index (κ1) is 19.4. The molecule has 0 bridgehead atoms. The van der Waals surface area contributed by atoms with Crippen molar-refractivity contribution < 1.29 is 23.5 Å². The van der Waals surface area contributed by atoms with E-state index in [-0.39, 0.29) is 11.7 Å². The van der Waals surface area contributed by atoms with Gasteiger partial charge in [0.1, 0.15) is 0 Å². The first-order valence-corrected chi connectivity index (χ1v) is 8.46. The standard InChI is InChI=1S/C20H22FNO4/c1-4-17(26-18-9-7-6-8-15(18)21)19(23)22-16-11-10-14(12-13(16)3)20(24)25-5-2/h6-12,17H,4-5H2,1-3H3,(H,22,23)/t17-/m0/s1. The van der Waals surface area contributed by atoms with Gasteiger partial charge in [0.2, 0.25) is 0 Å². The molecule has 5 nitrogen and oxygen atoms in total. The molecule has 0 aliphatic heterocycles. The summed E-state index contributed by atoms with van der Waals surface area (Å²) in [5.74, 6) is -1.29. The van der Waals surface area contributed by atoms with Gasteiger partial charge in [-0.1, -0.05) is 19.1 Å². The number of rotatable bonds is 7. The Labute approximate surface area is 152 Å². The van der Waals surface area contributed by atoms with Crippen molar-refractivity contribution in [1.29, 1.82) is 0 Å². The van der Waals surface area contributed by atoms with Crippen LogP contribution in [-0.2, 0) is 9.53 Å². The highest BCUT2D eigenvalue weighted by Crippen LogP contribution is 2.21. The molecule has 2 aromatic carbocycles. The summed E-state index contributed by atoms with van der Waals surface area (Å²) in [6.07, 6.45) is -0.462. The van der Waals surface area contributed by atoms with Crippen LogP contribution in [0.3, 0.4) is 0 Å². The van der Waals surface area contributed by atoms with Crippen molar-refractivity contribution in [3.63, 3.8) is 0 Å². The van der Waals surface area contributed by atoms with Gasteiger partial charge in [-0.3, -0.25) is 4.79 Å². The minimum Gasteiger partial charge on any atom is -0.478 e. The Bertz CT molecular complexity index is 791. The molecule has 0 aliphatic carbocycles. The number of para-hydroxylation sites is 1. The number of amides is 1. The largest absolute Gasteiger partial charge is 0.478 e. The third-order valence-corrected chi connectivity index (χ3v) is 3.76. The molecular weight excluding hydrogens is 337 g/mol. The Morgan fingerprint density at radius 3 is 2.50 bits per heavy atom. The molecule has 0 fully saturated rings. The van der Waals surface area contributed by atoms with Gasteiger partial charge in [-0.05, 0) is 56.2 Å². The van der Waals surface area contributed by atoms with Crippen LogP contribution in [-0.4, -0.2) is 24.6 Å². The van der Waals surface area contributed by atoms with E-state index < -0.39 is 17.9 Å². The van der Waals surface area contributed by atoms with Crippen LogP contribution in [0.2, 0.25) is 0 Å². The van der Waals surface area contributed by atoms with Crippen LogP contribution in [0.25, 0.3) is 0 Å². The molecule has 6 heteroatoms. The molecule has 1 amide bonds. The van der Waals surface area contributed by atoms with Crippen molar-refractivity contribution in [3.8, 4) is 5.75 Å². The molecule has 0 saturated carbocycles. The predicted molar refractivity (Wildman–Crippen MR) is 96.9 cm³/mol. The summed E-state index contributed by atoms with van der Waals surface area (Å²) >= 11 is 0. The molecule has 0 aliphatic rings. The van der Waals surface area contributed by atoms with Crippen molar-refractivity contribution in [2.75, 3.05) is 11.9 Å². The fourth-order valence-corrected chi connectivity index (χ4v) is 2.37. The fraction of sp³-hybridized carbons (Fsp3) is 0.300. The van der Waals surface area contributed by atoms with E-state index in [0.29, 0.717) is 29.8 Å². The Kier molecular flexibility index (Phi) is 6.72. The predicted octanol–water partition coefficient (Wildman–Crippen LogP) is 4.11. The van der Waals surface area contributed by atoms with E-state index in [4.69, 9.17) is 9.47 Å². The number of carbonyl (C=O) groups is 2. The monoisotopic (exact) mass is 359 g/mol. The highest BCUT2D eigenvalue weighted by atomic mass is 19.1. The summed E-state index contributed by atoms with van der Waals surface area (Å²) in [5, 5.41) is 2.76. The minimum absolute atomic E-state index is 0.0314. The second-order valence-corrected chi connectivity index (χ2v) is 5.68. The van der Waals surface area contributed by atoms with E-state index in [9.17, 15) is 14.0 Å². The van der Waals surface area contributed by atoms with Crippen LogP contribution in [0.5, 0.6) is 5.75 Å². The van der Waals surface area contributed by atoms with E-state index >= 15 is 0 Å². The quantitative estimate of drug-likeness (QED) is 0.756. The van der Waals surface area contributed by atoms with Crippen LogP contribution in [0.4, 0.5) is 10.1 Å². The number of nitrogens with one attached hydrogen (secondary N) is 1. The van der Waals surface area contributed by atoms with Crippen LogP contribution >= 0.6 is 0 Å². The Morgan fingerprint density at radius 1 is 1.15 bits per heavy atom. The smallest absolute Gasteiger partial charge is 0.338 e. The lowest BCUT2D eigenvalue weighted by Gasteiger charge is -2.18. The van der Waals surface area contributed by atoms with Gasteiger partial charge in [-0.2, -0.15) is 0 Å². The van der Waals surface area contributed by atoms with Gasteiger partial charge in [0.05, 0.1) is 12.2 Å². The summed E-state index contributed by atoms with van der Waals surface area (Å²) in [4.78, 5) is 24.2. The van der Waals surface area contributed by atoms with E-state index in [1.807, 2.05) is 0 Å². The van der Waals surface area contributed by atoms with Crippen molar-refractivity contribution in [2.45, 2.75) is 33.3 Å². The number of anilines is 1. The molecule has 0 radical (unpaired) electrons. The van der Waals surface area contributed by atoms with Gasteiger partial charge >= 0.3 is 5.97 Å². The normalized spacial score (nSPS) is 11.5. The molecule has 2 rings (SSSR count). The Morgan fingerprint density at radius 2 is 1.88 bits per heavy atom. The average molecular weight is 359 g/mol. The fourth-order valence-electron chi connectivity index (χ4n) is 2.37. The number of aryl methyl sites for hydroxylation is 1. The topological polar surface area (TPSA) is 64.6 Å². The van der Waals surface area contributed by atoms with Crippen molar-refractivity contribution in [3.05, 3.63) is 59.4 Å². The second kappa shape index (κ2) is 8.99. The number of carbonyl (C=O) groups excluding carboxylic acids is 2. The Hall–Kier alpha value is -2.89.